The highest BCUT2D eigenvalue weighted by atomic mass is 16.2. The summed E-state index contributed by atoms with van der Waals surface area (Å²) in [5.41, 5.74) is 0.677. The van der Waals surface area contributed by atoms with E-state index < -0.39 is 0 Å². The number of aromatic nitrogens is 2. The number of nitrogens with zero attached hydrogens (tertiary/aromatic N) is 2. The van der Waals surface area contributed by atoms with Gasteiger partial charge in [-0.25, -0.2) is 4.79 Å². The van der Waals surface area contributed by atoms with Crippen molar-refractivity contribution in [1.29, 1.82) is 0 Å². The van der Waals surface area contributed by atoms with Crippen LogP contribution in [0.15, 0.2) is 12.4 Å². The zero-order valence-corrected chi connectivity index (χ0v) is 10.1. The molecule has 0 aromatic carbocycles. The van der Waals surface area contributed by atoms with Crippen molar-refractivity contribution in [3.63, 3.8) is 0 Å². The first-order chi connectivity index (χ1) is 8.25. The van der Waals surface area contributed by atoms with E-state index >= 15 is 0 Å². The summed E-state index contributed by atoms with van der Waals surface area (Å²) in [5.74, 6) is 0. The van der Waals surface area contributed by atoms with Crippen molar-refractivity contribution in [3.05, 3.63) is 12.4 Å². The second kappa shape index (κ2) is 5.67. The lowest BCUT2D eigenvalue weighted by Crippen LogP contribution is -2.42. The first-order valence-corrected chi connectivity index (χ1v) is 6.03. The number of H-pyrrole nitrogens is 1. The Morgan fingerprint density at radius 1 is 1.59 bits per heavy atom. The molecule has 0 radical (unpaired) electrons. The Hall–Kier alpha value is -1.56. The van der Waals surface area contributed by atoms with E-state index in [0.717, 1.165) is 13.1 Å². The van der Waals surface area contributed by atoms with Gasteiger partial charge in [0.15, 0.2) is 0 Å². The first kappa shape index (κ1) is 11.9. The van der Waals surface area contributed by atoms with Crippen LogP contribution in [0.2, 0.25) is 0 Å². The van der Waals surface area contributed by atoms with Gasteiger partial charge >= 0.3 is 6.03 Å². The van der Waals surface area contributed by atoms with Gasteiger partial charge in [-0.05, 0) is 32.9 Å². The molecule has 1 atom stereocenters. The van der Waals surface area contributed by atoms with E-state index in [0.29, 0.717) is 18.3 Å². The van der Waals surface area contributed by atoms with Gasteiger partial charge in [0, 0.05) is 18.8 Å². The highest BCUT2D eigenvalue weighted by Crippen LogP contribution is 2.10. The lowest BCUT2D eigenvalue weighted by atomic mass is 10.3. The number of urea groups is 1. The quantitative estimate of drug-likeness (QED) is 0.732. The molecule has 0 unspecified atom stereocenters. The Morgan fingerprint density at radius 2 is 2.35 bits per heavy atom. The maximum Gasteiger partial charge on any atom is 0.319 e. The van der Waals surface area contributed by atoms with Crippen LogP contribution in [0.25, 0.3) is 0 Å². The summed E-state index contributed by atoms with van der Waals surface area (Å²) in [4.78, 5) is 13.9. The topological polar surface area (TPSA) is 73.0 Å². The normalized spacial score (nSPS) is 17.9. The van der Waals surface area contributed by atoms with Gasteiger partial charge in [0.2, 0.25) is 0 Å². The summed E-state index contributed by atoms with van der Waals surface area (Å²) < 4.78 is 0. The molecule has 2 heterocycles. The Bertz CT molecular complexity index is 345. The predicted molar refractivity (Wildman–Crippen MR) is 65.9 cm³/mol. The van der Waals surface area contributed by atoms with E-state index in [1.165, 1.54) is 12.8 Å². The van der Waals surface area contributed by atoms with Crippen molar-refractivity contribution in [3.8, 4) is 0 Å². The molecule has 2 rings (SSSR count). The second-order valence-electron chi connectivity index (χ2n) is 4.41. The molecule has 1 aromatic heterocycles. The molecule has 0 spiro atoms. The van der Waals surface area contributed by atoms with Crippen LogP contribution in [0.4, 0.5) is 10.5 Å². The number of hydrogen-bond donors (Lipinski definition) is 3. The maximum absolute atomic E-state index is 11.5. The van der Waals surface area contributed by atoms with Gasteiger partial charge in [-0.2, -0.15) is 5.10 Å². The zero-order valence-electron chi connectivity index (χ0n) is 10.1. The number of hydrogen-bond acceptors (Lipinski definition) is 3. The third-order valence-corrected chi connectivity index (χ3v) is 3.08. The van der Waals surface area contributed by atoms with Gasteiger partial charge in [-0.1, -0.05) is 0 Å². The number of carbonyl (C=O) groups is 1. The number of anilines is 1. The smallest absolute Gasteiger partial charge is 0.319 e. The molecule has 1 fully saturated rings. The molecule has 0 bridgehead atoms. The van der Waals surface area contributed by atoms with Crippen LogP contribution in [0.3, 0.4) is 0 Å². The van der Waals surface area contributed by atoms with Crippen molar-refractivity contribution < 1.29 is 4.79 Å². The summed E-state index contributed by atoms with van der Waals surface area (Å²) >= 11 is 0. The standard InChI is InChI=1S/C11H19N5O/c1-9(16-4-2-3-5-16)6-12-11(17)15-10-7-13-14-8-10/h7-9H,2-6H2,1H3,(H,13,14)(H2,12,15,17)/t9-/m0/s1. The minimum absolute atomic E-state index is 0.183. The lowest BCUT2D eigenvalue weighted by Gasteiger charge is -2.23. The molecule has 6 heteroatoms. The maximum atomic E-state index is 11.5. The average molecular weight is 237 g/mol. The Balaban J connectivity index is 1.68. The minimum Gasteiger partial charge on any atom is -0.336 e. The number of likely N-dealkylation sites (tertiary alicyclic amines) is 1. The molecule has 0 aliphatic carbocycles. The fraction of sp³-hybridized carbons (Fsp3) is 0.636. The molecular formula is C11H19N5O. The third-order valence-electron chi connectivity index (χ3n) is 3.08. The van der Waals surface area contributed by atoms with Crippen LogP contribution in [0, 0.1) is 0 Å². The SMILES string of the molecule is C[C@@H](CNC(=O)Nc1cn[nH]c1)N1CCCC1. The highest BCUT2D eigenvalue weighted by molar-refractivity contribution is 5.88. The van der Waals surface area contributed by atoms with Crippen molar-refractivity contribution in [2.24, 2.45) is 0 Å². The fourth-order valence-electron chi connectivity index (χ4n) is 2.05. The number of carbonyl (C=O) groups excluding carboxylic acids is 1. The van der Waals surface area contributed by atoms with Crippen molar-refractivity contribution in [1.82, 2.24) is 20.4 Å². The highest BCUT2D eigenvalue weighted by Gasteiger charge is 2.18. The molecule has 1 aliphatic rings. The van der Waals surface area contributed by atoms with Gasteiger partial charge in [-0.3, -0.25) is 10.00 Å². The van der Waals surface area contributed by atoms with E-state index in [2.05, 4.69) is 32.7 Å². The summed E-state index contributed by atoms with van der Waals surface area (Å²) in [6.07, 6.45) is 5.75. The summed E-state index contributed by atoms with van der Waals surface area (Å²) in [7, 11) is 0. The number of amides is 2. The number of nitrogens with one attached hydrogen (secondary N) is 3. The van der Waals surface area contributed by atoms with E-state index in [4.69, 9.17) is 0 Å². The molecule has 17 heavy (non-hydrogen) atoms. The second-order valence-corrected chi connectivity index (χ2v) is 4.41. The fourth-order valence-corrected chi connectivity index (χ4v) is 2.05. The first-order valence-electron chi connectivity index (χ1n) is 6.03. The summed E-state index contributed by atoms with van der Waals surface area (Å²) in [6, 6.07) is 0.213. The average Bonchev–Trinajstić information content (AvgIpc) is 2.97. The molecule has 3 N–H and O–H groups in total. The molecule has 94 valence electrons. The molecule has 6 nitrogen and oxygen atoms in total. The van der Waals surface area contributed by atoms with Crippen molar-refractivity contribution in [2.45, 2.75) is 25.8 Å². The van der Waals surface area contributed by atoms with Gasteiger partial charge in [0.1, 0.15) is 0 Å². The Labute approximate surface area is 101 Å². The Morgan fingerprint density at radius 3 is 3.00 bits per heavy atom. The Kier molecular flexibility index (Phi) is 3.98. The van der Waals surface area contributed by atoms with Crippen LogP contribution in [0.1, 0.15) is 19.8 Å². The van der Waals surface area contributed by atoms with Gasteiger partial charge in [0.05, 0.1) is 11.9 Å². The zero-order chi connectivity index (χ0) is 12.1. The molecule has 1 saturated heterocycles. The summed E-state index contributed by atoms with van der Waals surface area (Å²) in [5, 5.41) is 12.0. The van der Waals surface area contributed by atoms with E-state index in [-0.39, 0.29) is 6.03 Å². The third kappa shape index (κ3) is 3.45. The van der Waals surface area contributed by atoms with Crippen LogP contribution in [-0.4, -0.2) is 46.8 Å². The number of rotatable bonds is 4. The summed E-state index contributed by atoms with van der Waals surface area (Å²) in [6.45, 7) is 5.10. The molecule has 1 aromatic rings. The van der Waals surface area contributed by atoms with Gasteiger partial charge < -0.3 is 10.6 Å². The van der Waals surface area contributed by atoms with Crippen LogP contribution < -0.4 is 10.6 Å². The van der Waals surface area contributed by atoms with E-state index in [9.17, 15) is 4.79 Å². The van der Waals surface area contributed by atoms with Gasteiger partial charge in [-0.15, -0.1) is 0 Å². The number of aromatic amines is 1. The molecule has 1 aliphatic heterocycles. The van der Waals surface area contributed by atoms with E-state index in [1.807, 2.05) is 0 Å². The molecule has 0 saturated carbocycles. The monoisotopic (exact) mass is 237 g/mol. The van der Waals surface area contributed by atoms with Crippen molar-refractivity contribution in [2.75, 3.05) is 25.0 Å². The minimum atomic E-state index is -0.183. The lowest BCUT2D eigenvalue weighted by molar-refractivity contribution is 0.234. The molecular weight excluding hydrogens is 218 g/mol. The van der Waals surface area contributed by atoms with Gasteiger partial charge in [0.25, 0.3) is 0 Å². The van der Waals surface area contributed by atoms with E-state index in [1.54, 1.807) is 12.4 Å². The van der Waals surface area contributed by atoms with Crippen LogP contribution in [0.5, 0.6) is 0 Å². The van der Waals surface area contributed by atoms with Crippen LogP contribution in [-0.2, 0) is 0 Å². The molecule has 2 amide bonds. The largest absolute Gasteiger partial charge is 0.336 e. The predicted octanol–water partition coefficient (Wildman–Crippen LogP) is 1.02. The van der Waals surface area contributed by atoms with Crippen LogP contribution >= 0.6 is 0 Å². The van der Waals surface area contributed by atoms with Crippen molar-refractivity contribution >= 4 is 11.7 Å².